The van der Waals surface area contributed by atoms with Gasteiger partial charge in [0.25, 0.3) is 0 Å². The summed E-state index contributed by atoms with van der Waals surface area (Å²) >= 11 is 2.11. The lowest BCUT2D eigenvalue weighted by Crippen LogP contribution is -2.53. The van der Waals surface area contributed by atoms with Crippen LogP contribution in [0.15, 0.2) is 4.99 Å². The number of rotatable bonds is 5. The molecule has 1 aliphatic carbocycles. The molecule has 2 aliphatic heterocycles. The van der Waals surface area contributed by atoms with Crippen molar-refractivity contribution >= 4 is 27.6 Å². The number of hydrogen-bond donors (Lipinski definition) is 1. The Kier molecular flexibility index (Phi) is 5.69. The highest BCUT2D eigenvalue weighted by atomic mass is 32.2. The van der Waals surface area contributed by atoms with Crippen molar-refractivity contribution in [2.45, 2.75) is 56.7 Å². The van der Waals surface area contributed by atoms with Crippen LogP contribution in [0, 0.1) is 5.92 Å². The van der Waals surface area contributed by atoms with Crippen LogP contribution >= 0.6 is 11.8 Å². The van der Waals surface area contributed by atoms with Crippen molar-refractivity contribution < 1.29 is 8.42 Å². The van der Waals surface area contributed by atoms with Crippen molar-refractivity contribution in [2.75, 3.05) is 36.9 Å². The maximum atomic E-state index is 11.7. The van der Waals surface area contributed by atoms with Gasteiger partial charge in [-0.25, -0.2) is 8.42 Å². The Morgan fingerprint density at radius 2 is 2.04 bits per heavy atom. The van der Waals surface area contributed by atoms with E-state index in [9.17, 15) is 8.42 Å². The van der Waals surface area contributed by atoms with Crippen LogP contribution in [0.4, 0.5) is 0 Å². The summed E-state index contributed by atoms with van der Waals surface area (Å²) in [6.07, 6.45) is 5.59. The molecule has 1 atom stereocenters. The monoisotopic (exact) mass is 373 g/mol. The molecule has 1 N–H and O–H groups in total. The molecule has 24 heavy (non-hydrogen) atoms. The molecule has 0 aromatic heterocycles. The molecule has 3 aliphatic rings. The fourth-order valence-corrected chi connectivity index (χ4v) is 6.83. The molecule has 0 amide bonds. The zero-order valence-corrected chi connectivity index (χ0v) is 16.6. The number of aliphatic imine (C=N–C) groups is 1. The first-order valence-electron chi connectivity index (χ1n) is 9.35. The van der Waals surface area contributed by atoms with Crippen molar-refractivity contribution in [3.05, 3.63) is 0 Å². The molecule has 0 bridgehead atoms. The summed E-state index contributed by atoms with van der Waals surface area (Å²) in [7, 11) is -2.81. The summed E-state index contributed by atoms with van der Waals surface area (Å²) < 4.78 is 23.7. The van der Waals surface area contributed by atoms with Gasteiger partial charge < -0.3 is 10.2 Å². The number of hydrogen-bond acceptors (Lipinski definition) is 4. The largest absolute Gasteiger partial charge is 0.354 e. The molecule has 0 radical (unpaired) electrons. The van der Waals surface area contributed by atoms with Gasteiger partial charge in [-0.1, -0.05) is 13.8 Å². The van der Waals surface area contributed by atoms with Gasteiger partial charge in [0.05, 0.1) is 11.5 Å². The third-order valence-electron chi connectivity index (χ3n) is 5.57. The minimum absolute atomic E-state index is 0.201. The van der Waals surface area contributed by atoms with E-state index in [2.05, 4.69) is 35.8 Å². The van der Waals surface area contributed by atoms with Crippen LogP contribution in [0.1, 0.15) is 46.0 Å². The number of nitrogens with one attached hydrogen (secondary N) is 1. The minimum atomic E-state index is -2.81. The maximum absolute atomic E-state index is 11.7. The first kappa shape index (κ1) is 18.4. The summed E-state index contributed by atoms with van der Waals surface area (Å²) in [5.74, 6) is 3.02. The zero-order chi connectivity index (χ0) is 17.2. The molecule has 7 heteroatoms. The zero-order valence-electron chi connectivity index (χ0n) is 15.0. The average Bonchev–Trinajstić information content (AvgIpc) is 3.33. The van der Waals surface area contributed by atoms with E-state index in [0.29, 0.717) is 28.8 Å². The SMILES string of the molecule is CCC1(CC)CN(C(=NCC2CCS(=O)(=O)C2)NC2CC2)CCS1. The number of sulfone groups is 1. The highest BCUT2D eigenvalue weighted by Gasteiger charge is 2.36. The fraction of sp³-hybridized carbons (Fsp3) is 0.941. The molecule has 2 saturated heterocycles. The molecule has 0 aromatic carbocycles. The molecule has 1 unspecified atom stereocenters. The fourth-order valence-electron chi connectivity index (χ4n) is 3.58. The predicted molar refractivity (Wildman–Crippen MR) is 103 cm³/mol. The van der Waals surface area contributed by atoms with Crippen LogP contribution < -0.4 is 5.32 Å². The Bertz CT molecular complexity index is 568. The average molecular weight is 374 g/mol. The van der Waals surface area contributed by atoms with Gasteiger partial charge in [-0.3, -0.25) is 4.99 Å². The molecule has 3 rings (SSSR count). The highest BCUT2D eigenvalue weighted by molar-refractivity contribution is 8.00. The standard InChI is InChI=1S/C17H31N3O2S2/c1-3-17(4-2)13-20(8-9-23-17)16(19-15-5-6-15)18-11-14-7-10-24(21,22)12-14/h14-15H,3-13H2,1-2H3,(H,18,19). The van der Waals surface area contributed by atoms with Gasteiger partial charge in [-0.2, -0.15) is 11.8 Å². The second-order valence-corrected chi connectivity index (χ2v) is 11.3. The minimum Gasteiger partial charge on any atom is -0.354 e. The van der Waals surface area contributed by atoms with Crippen LogP contribution in [-0.4, -0.2) is 67.0 Å². The summed E-state index contributed by atoms with van der Waals surface area (Å²) in [6, 6.07) is 0.572. The predicted octanol–water partition coefficient (Wildman–Crippen LogP) is 2.14. The normalized spacial score (nSPS) is 29.7. The van der Waals surface area contributed by atoms with Crippen molar-refractivity contribution in [2.24, 2.45) is 10.9 Å². The number of guanidine groups is 1. The van der Waals surface area contributed by atoms with E-state index in [0.717, 1.165) is 31.2 Å². The third kappa shape index (κ3) is 4.59. The molecule has 0 aromatic rings. The molecule has 2 heterocycles. The topological polar surface area (TPSA) is 61.8 Å². The van der Waals surface area contributed by atoms with E-state index in [4.69, 9.17) is 4.99 Å². The summed E-state index contributed by atoms with van der Waals surface area (Å²) in [5.41, 5.74) is 0. The van der Waals surface area contributed by atoms with Crippen LogP contribution in [0.3, 0.4) is 0 Å². The van der Waals surface area contributed by atoms with E-state index in [-0.39, 0.29) is 5.92 Å². The smallest absolute Gasteiger partial charge is 0.194 e. The van der Waals surface area contributed by atoms with Gasteiger partial charge in [0.2, 0.25) is 0 Å². The van der Waals surface area contributed by atoms with Crippen LogP contribution in [0.2, 0.25) is 0 Å². The van der Waals surface area contributed by atoms with Crippen molar-refractivity contribution in [1.82, 2.24) is 10.2 Å². The third-order valence-corrected chi connectivity index (χ3v) is 9.12. The van der Waals surface area contributed by atoms with Crippen molar-refractivity contribution in [3.8, 4) is 0 Å². The summed E-state index contributed by atoms with van der Waals surface area (Å²) in [6.45, 7) is 7.30. The Hall–Kier alpha value is -0.430. The number of thioether (sulfide) groups is 1. The van der Waals surface area contributed by atoms with Crippen LogP contribution in [0.5, 0.6) is 0 Å². The molecule has 138 valence electrons. The second kappa shape index (κ2) is 7.44. The van der Waals surface area contributed by atoms with E-state index >= 15 is 0 Å². The van der Waals surface area contributed by atoms with Gasteiger partial charge in [-0.15, -0.1) is 0 Å². The second-order valence-electron chi connectivity index (χ2n) is 7.51. The first-order chi connectivity index (χ1) is 11.5. The quantitative estimate of drug-likeness (QED) is 0.591. The lowest BCUT2D eigenvalue weighted by atomic mass is 10.0. The van der Waals surface area contributed by atoms with E-state index in [1.807, 2.05) is 0 Å². The van der Waals surface area contributed by atoms with Gasteiger partial charge >= 0.3 is 0 Å². The first-order valence-corrected chi connectivity index (χ1v) is 12.2. The van der Waals surface area contributed by atoms with E-state index in [1.54, 1.807) is 0 Å². The molecule has 3 fully saturated rings. The van der Waals surface area contributed by atoms with Gasteiger partial charge in [-0.05, 0) is 38.0 Å². The van der Waals surface area contributed by atoms with Gasteiger partial charge in [0.1, 0.15) is 0 Å². The summed E-state index contributed by atoms with van der Waals surface area (Å²) in [5, 5.41) is 3.61. The molecule has 1 saturated carbocycles. The molecule has 5 nitrogen and oxygen atoms in total. The Morgan fingerprint density at radius 1 is 1.29 bits per heavy atom. The summed E-state index contributed by atoms with van der Waals surface area (Å²) in [4.78, 5) is 7.29. The molecule has 0 spiro atoms. The Balaban J connectivity index is 1.67. The van der Waals surface area contributed by atoms with Crippen molar-refractivity contribution in [1.29, 1.82) is 0 Å². The molecular formula is C17H31N3O2S2. The molecular weight excluding hydrogens is 342 g/mol. The maximum Gasteiger partial charge on any atom is 0.194 e. The lowest BCUT2D eigenvalue weighted by molar-refractivity contribution is 0.338. The highest BCUT2D eigenvalue weighted by Crippen LogP contribution is 2.36. The van der Waals surface area contributed by atoms with Gasteiger partial charge in [0.15, 0.2) is 15.8 Å². The van der Waals surface area contributed by atoms with E-state index < -0.39 is 9.84 Å². The van der Waals surface area contributed by atoms with Gasteiger partial charge in [0, 0.05) is 36.2 Å². The number of nitrogens with zero attached hydrogens (tertiary/aromatic N) is 2. The van der Waals surface area contributed by atoms with Crippen molar-refractivity contribution in [3.63, 3.8) is 0 Å². The van der Waals surface area contributed by atoms with E-state index in [1.165, 1.54) is 25.7 Å². The van der Waals surface area contributed by atoms with Crippen LogP contribution in [0.25, 0.3) is 0 Å². The van der Waals surface area contributed by atoms with Crippen LogP contribution in [-0.2, 0) is 9.84 Å². The Labute approximate surface area is 151 Å². The lowest BCUT2D eigenvalue weighted by Gasteiger charge is -2.43. The Morgan fingerprint density at radius 3 is 2.62 bits per heavy atom.